The van der Waals surface area contributed by atoms with Crippen molar-refractivity contribution in [1.82, 2.24) is 25.2 Å². The third-order valence-electron chi connectivity index (χ3n) is 7.95. The second kappa shape index (κ2) is 28.9. The minimum absolute atomic E-state index is 0.0519. The quantitative estimate of drug-likeness (QED) is 0.0223. The maximum absolute atomic E-state index is 12.9. The van der Waals surface area contributed by atoms with E-state index in [1.165, 1.54) is 21.6 Å². The van der Waals surface area contributed by atoms with Gasteiger partial charge in [-0.3, -0.25) is 9.78 Å². The number of aromatic nitrogens is 3. The van der Waals surface area contributed by atoms with Crippen molar-refractivity contribution in [2.75, 3.05) is 96.4 Å². The van der Waals surface area contributed by atoms with E-state index in [-0.39, 0.29) is 48.1 Å². The monoisotopic (exact) mass is 928 g/mol. The van der Waals surface area contributed by atoms with Crippen LogP contribution in [0.1, 0.15) is 51.3 Å². The van der Waals surface area contributed by atoms with Crippen molar-refractivity contribution in [2.24, 2.45) is 5.73 Å². The first-order chi connectivity index (χ1) is 28.4. The highest BCUT2D eigenvalue weighted by Crippen LogP contribution is 2.38. The van der Waals surface area contributed by atoms with Crippen LogP contribution in [0, 0.1) is 11.8 Å². The fourth-order valence-electron chi connectivity index (χ4n) is 5.15. The van der Waals surface area contributed by atoms with Crippen LogP contribution in [0.15, 0.2) is 11.0 Å². The number of amides is 2. The Kier molecular flexibility index (Phi) is 24.9. The fraction of sp³-hybridized carbons (Fsp3) is 0.706. The van der Waals surface area contributed by atoms with Gasteiger partial charge < -0.3 is 59.8 Å². The summed E-state index contributed by atoms with van der Waals surface area (Å²) in [5, 5.41) is 5.41. The molecular weight excluding hydrogens is 874 g/mol. The molecule has 3 rings (SSSR count). The number of nitrogens with two attached hydrogens (primary N) is 2. The van der Waals surface area contributed by atoms with Gasteiger partial charge in [-0.15, -0.1) is 9.42 Å². The first-order valence-corrected chi connectivity index (χ1v) is 24.8. The Hall–Kier alpha value is -2.50. The van der Waals surface area contributed by atoms with Crippen LogP contribution in [0.5, 0.6) is 0 Å². The van der Waals surface area contributed by atoms with Crippen molar-refractivity contribution in [3.05, 3.63) is 22.1 Å². The number of fused-ring (bicyclic) bond motifs is 1. The fourth-order valence-corrected chi connectivity index (χ4v) is 8.48. The molecule has 0 aromatic carbocycles. The summed E-state index contributed by atoms with van der Waals surface area (Å²) >= 11 is 0. The maximum Gasteiger partial charge on any atom is 0.694 e. The van der Waals surface area contributed by atoms with Crippen molar-refractivity contribution in [1.29, 1.82) is 0 Å². The molecule has 1 saturated heterocycles. The zero-order valence-corrected chi connectivity index (χ0v) is 37.5. The molecule has 2 aromatic heterocycles. The number of alkyl carbamates (subject to hydrolysis) is 2. The van der Waals surface area contributed by atoms with Gasteiger partial charge in [0.1, 0.15) is 30.8 Å². The first-order valence-electron chi connectivity index (χ1n) is 18.6. The molecule has 20 nitrogen and oxygen atoms in total. The topological polar surface area (TPSA) is 272 Å². The molecule has 2 aromatic rings. The highest BCUT2D eigenvalue weighted by atomic mass is 33.1. The predicted octanol–water partition coefficient (Wildman–Crippen LogP) is 3.71. The number of carbonyl (C=O) groups excluding carboxylic acids is 2. The molecule has 2 unspecified atom stereocenters. The maximum atomic E-state index is 12.9. The number of nitrogens with one attached hydrogen (secondary N) is 3. The zero-order chi connectivity index (χ0) is 42.9. The Morgan fingerprint density at radius 2 is 1.81 bits per heavy atom. The Labute approximate surface area is 359 Å². The summed E-state index contributed by atoms with van der Waals surface area (Å²) < 4.78 is 56.4. The molecule has 2 amide bonds. The van der Waals surface area contributed by atoms with E-state index < -0.39 is 44.4 Å². The van der Waals surface area contributed by atoms with Crippen LogP contribution < -0.4 is 27.7 Å². The lowest BCUT2D eigenvalue weighted by atomic mass is 10.1. The van der Waals surface area contributed by atoms with Crippen LogP contribution >= 0.6 is 51.4 Å². The number of rotatable bonds is 29. The number of ether oxygens (including phenoxy) is 7. The molecule has 1 aliphatic rings. The van der Waals surface area contributed by atoms with E-state index >= 15 is 0 Å². The Balaban J connectivity index is 1.31. The molecule has 0 radical (unpaired) electrons. The van der Waals surface area contributed by atoms with E-state index in [1.54, 1.807) is 32.4 Å². The van der Waals surface area contributed by atoms with Crippen molar-refractivity contribution in [3.63, 3.8) is 0 Å². The average molecular weight is 929 g/mol. The van der Waals surface area contributed by atoms with Gasteiger partial charge in [0.05, 0.1) is 63.2 Å². The third kappa shape index (κ3) is 20.3. The standard InChI is InChI=1S/C34H54N7O13PS4/c1-34(2,8-14-51-33(44)38-11-16-48-18-17-47-15-9-35)59-58-22-49-12-4-5-13-50-32(43)37-10-6-7-24-20-41(29-28(24)30(42)40-31(36)39-29)27-19-25(52-23-57-56-3)26(54-27)21-53-55(45)46/h20,25-27H,4-5,8-19,21-23,35H2,1-3H3,(H5-,36,37,38,39,40,42,43,44,45,46)/p+1/t25?,26-,27-/m1/s1. The van der Waals surface area contributed by atoms with Gasteiger partial charge in [0.25, 0.3) is 5.56 Å². The largest absolute Gasteiger partial charge is 0.694 e. The molecular formula is C34H55N7O13PS4+. The Morgan fingerprint density at radius 3 is 2.58 bits per heavy atom. The summed E-state index contributed by atoms with van der Waals surface area (Å²) in [7, 11) is 3.40. The van der Waals surface area contributed by atoms with Gasteiger partial charge >= 0.3 is 20.4 Å². The van der Waals surface area contributed by atoms with Crippen LogP contribution in [0.4, 0.5) is 15.5 Å². The zero-order valence-electron chi connectivity index (χ0n) is 33.3. The number of H-pyrrole nitrogens is 1. The minimum Gasteiger partial charge on any atom is -0.450 e. The molecule has 25 heteroatoms. The van der Waals surface area contributed by atoms with Gasteiger partial charge in [0.15, 0.2) is 5.65 Å². The van der Waals surface area contributed by atoms with Gasteiger partial charge in [-0.25, -0.2) is 9.59 Å². The molecule has 4 atom stereocenters. The second-order valence-electron chi connectivity index (χ2n) is 12.9. The van der Waals surface area contributed by atoms with E-state index in [0.717, 1.165) is 0 Å². The summed E-state index contributed by atoms with van der Waals surface area (Å²) in [6, 6.07) is 0. The van der Waals surface area contributed by atoms with E-state index in [0.29, 0.717) is 89.2 Å². The van der Waals surface area contributed by atoms with E-state index in [1.807, 2.05) is 6.26 Å². The molecule has 1 fully saturated rings. The summed E-state index contributed by atoms with van der Waals surface area (Å²) in [4.78, 5) is 53.0. The predicted molar refractivity (Wildman–Crippen MR) is 230 cm³/mol. The third-order valence-corrected chi connectivity index (χ3v) is 12.8. The highest BCUT2D eigenvalue weighted by Gasteiger charge is 2.40. The number of nitrogen functional groups attached to an aromatic ring is 1. The lowest BCUT2D eigenvalue weighted by Gasteiger charge is -2.22. The molecule has 0 spiro atoms. The van der Waals surface area contributed by atoms with Crippen molar-refractivity contribution < 1.29 is 56.7 Å². The first kappa shape index (κ1) is 50.9. The van der Waals surface area contributed by atoms with Gasteiger partial charge in [-0.2, -0.15) is 4.98 Å². The molecule has 0 bridgehead atoms. The molecule has 332 valence electrons. The highest BCUT2D eigenvalue weighted by molar-refractivity contribution is 8.77. The van der Waals surface area contributed by atoms with E-state index in [9.17, 15) is 18.9 Å². The van der Waals surface area contributed by atoms with Crippen LogP contribution in [0.25, 0.3) is 11.0 Å². The number of unbranched alkanes of at least 4 members (excludes halogenated alkanes) is 1. The number of aromatic amines is 1. The Bertz CT molecular complexity index is 1720. The summed E-state index contributed by atoms with van der Waals surface area (Å²) in [6.45, 7) is 7.45. The van der Waals surface area contributed by atoms with Crippen LogP contribution in [-0.4, -0.2) is 139 Å². The Morgan fingerprint density at radius 1 is 1.07 bits per heavy atom. The van der Waals surface area contributed by atoms with Crippen molar-refractivity contribution >= 4 is 80.6 Å². The second-order valence-corrected chi connectivity index (χ2v) is 19.1. The van der Waals surface area contributed by atoms with Gasteiger partial charge in [0, 0.05) is 41.6 Å². The van der Waals surface area contributed by atoms with E-state index in [4.69, 9.17) is 54.0 Å². The number of hydrogen-bond acceptors (Lipinski definition) is 19. The molecule has 0 aliphatic carbocycles. The number of hydrogen-bond donors (Lipinski definition) is 6. The molecule has 1 aliphatic heterocycles. The summed E-state index contributed by atoms with van der Waals surface area (Å²) in [5.41, 5.74) is 11.3. The molecule has 3 heterocycles. The van der Waals surface area contributed by atoms with Crippen LogP contribution in [-0.2, 0) is 42.2 Å². The minimum atomic E-state index is -2.84. The smallest absolute Gasteiger partial charge is 0.450 e. The molecule has 59 heavy (non-hydrogen) atoms. The van der Waals surface area contributed by atoms with Crippen LogP contribution in [0.3, 0.4) is 0 Å². The normalized spacial score (nSPS) is 16.8. The number of carbonyl (C=O) groups is 2. The van der Waals surface area contributed by atoms with Gasteiger partial charge in [0.2, 0.25) is 5.95 Å². The lowest BCUT2D eigenvalue weighted by molar-refractivity contribution is -0.0485. The number of anilines is 1. The lowest BCUT2D eigenvalue weighted by Crippen LogP contribution is -2.29. The van der Waals surface area contributed by atoms with E-state index in [2.05, 4.69) is 46.3 Å². The average Bonchev–Trinajstić information content (AvgIpc) is 3.77. The summed E-state index contributed by atoms with van der Waals surface area (Å²) in [6.07, 6.45) is 2.88. The number of nitrogens with zero attached hydrogens (tertiary/aromatic N) is 2. The van der Waals surface area contributed by atoms with Crippen molar-refractivity contribution in [2.45, 2.75) is 62.7 Å². The molecule has 0 saturated carbocycles. The molecule has 8 N–H and O–H groups in total. The SMILES string of the molecule is CSSCOC1C[C@H](n2cc(C#CCNC(=O)OCCCCOCSSC(C)(C)CCOC(=O)NCCOCCOCCN)c3c(=O)[nH]c(N)nc32)O[C@@H]1CO[P+](=O)O. The van der Waals surface area contributed by atoms with Gasteiger partial charge in [-0.05, 0) is 39.4 Å². The summed E-state index contributed by atoms with van der Waals surface area (Å²) in [5.74, 6) is 6.47. The van der Waals surface area contributed by atoms with Gasteiger partial charge in [-0.1, -0.05) is 55.0 Å². The van der Waals surface area contributed by atoms with Crippen molar-refractivity contribution in [3.8, 4) is 11.8 Å². The van der Waals surface area contributed by atoms with Crippen LogP contribution in [0.2, 0.25) is 0 Å².